The van der Waals surface area contributed by atoms with Crippen LogP contribution in [0.5, 0.6) is 0 Å². The van der Waals surface area contributed by atoms with E-state index in [1.807, 2.05) is 182 Å². The Morgan fingerprint density at radius 3 is 0.743 bits per heavy atom. The van der Waals surface area contributed by atoms with Gasteiger partial charge in [0, 0.05) is 126 Å². The molecule has 0 bridgehead atoms. The molecule has 0 spiro atoms. The minimum Gasteiger partial charge on any atom is -0.309 e. The molecule has 0 radical (unpaired) electrons. The molecule has 0 atom stereocenters. The minimum atomic E-state index is 0.591. The number of benzene rings is 20. The first-order valence-electron chi connectivity index (χ1n) is 48.3. The van der Waals surface area contributed by atoms with E-state index >= 15 is 0 Å². The highest BCUT2D eigenvalue weighted by molar-refractivity contribution is 6.28. The number of hydrogen-bond acceptors (Lipinski definition) is 9. The lowest BCUT2D eigenvalue weighted by molar-refractivity contribution is 0.953. The average Bonchev–Trinajstić information content (AvgIpc) is 1.53. The lowest BCUT2D eigenvalue weighted by Gasteiger charge is -2.12. The fourth-order valence-corrected chi connectivity index (χ4v) is 21.1. The van der Waals surface area contributed by atoms with E-state index in [2.05, 4.69) is 349 Å². The van der Waals surface area contributed by atoms with Crippen molar-refractivity contribution in [3.8, 4) is 125 Å². The van der Waals surface area contributed by atoms with Crippen LogP contribution in [0, 0.1) is 0 Å². The van der Waals surface area contributed by atoms with Crippen LogP contribution in [0.15, 0.2) is 504 Å². The van der Waals surface area contributed by atoms with Crippen molar-refractivity contribution in [2.75, 3.05) is 0 Å². The smallest absolute Gasteiger partial charge is 0.238 e. The Morgan fingerprint density at radius 2 is 0.361 bits per heavy atom. The number of fused-ring (bicyclic) bond motifs is 20. The van der Waals surface area contributed by atoms with Gasteiger partial charge in [-0.05, 0) is 132 Å². The summed E-state index contributed by atoms with van der Waals surface area (Å²) in [5, 5.41) is 14.2. The van der Waals surface area contributed by atoms with Crippen LogP contribution in [-0.4, -0.2) is 72.3 Å². The summed E-state index contributed by atoms with van der Waals surface area (Å²) in [6.45, 7) is 0. The molecule has 15 heteroatoms. The van der Waals surface area contributed by atoms with E-state index < -0.39 is 0 Å². The molecule has 0 unspecified atom stereocenters. The minimum absolute atomic E-state index is 0.591. The second kappa shape index (κ2) is 35.3. The lowest BCUT2D eigenvalue weighted by Crippen LogP contribution is -2.06. The normalized spacial score (nSPS) is 11.6. The molecule has 0 fully saturated rings. The summed E-state index contributed by atoms with van der Waals surface area (Å²) in [7, 11) is 0. The fourth-order valence-electron chi connectivity index (χ4n) is 21.1. The van der Waals surface area contributed by atoms with Crippen molar-refractivity contribution in [3.05, 3.63) is 504 Å². The Bertz CT molecular complexity index is 9810. The first-order valence-corrected chi connectivity index (χ1v) is 48.3. The molecular weight excluding hydrogens is 1760 g/mol. The third-order valence-electron chi connectivity index (χ3n) is 27.5. The van der Waals surface area contributed by atoms with E-state index in [-0.39, 0.29) is 0 Å². The summed E-state index contributed by atoms with van der Waals surface area (Å²) in [4.78, 5) is 45.3. The molecular formula is C129H83N15. The van der Waals surface area contributed by atoms with Gasteiger partial charge in [-0.2, -0.15) is 19.9 Å². The molecule has 20 aromatic carbocycles. The Morgan fingerprint density at radius 1 is 0.118 bits per heavy atom. The predicted octanol–water partition coefficient (Wildman–Crippen LogP) is 31.5. The highest BCUT2D eigenvalue weighted by Crippen LogP contribution is 2.47. The van der Waals surface area contributed by atoms with Crippen molar-refractivity contribution in [2.24, 2.45) is 0 Å². The van der Waals surface area contributed by atoms with Gasteiger partial charge in [-0.3, -0.25) is 9.13 Å². The van der Waals surface area contributed by atoms with Crippen LogP contribution in [0.25, 0.3) is 256 Å². The van der Waals surface area contributed by atoms with E-state index in [0.717, 1.165) is 127 Å². The van der Waals surface area contributed by atoms with Crippen molar-refractivity contribution in [1.29, 1.82) is 0 Å². The summed E-state index contributed by atoms with van der Waals surface area (Å²) in [5.74, 6) is 5.67. The number of aromatic nitrogens is 15. The maximum absolute atomic E-state index is 5.16. The Balaban J connectivity index is 0.000000109. The van der Waals surface area contributed by atoms with Crippen LogP contribution in [0.2, 0.25) is 0 Å². The lowest BCUT2D eigenvalue weighted by atomic mass is 10.1. The van der Waals surface area contributed by atoms with Crippen molar-refractivity contribution in [2.45, 2.75) is 0 Å². The van der Waals surface area contributed by atoms with Crippen molar-refractivity contribution >= 4 is 131 Å². The Hall–Kier alpha value is -19.8. The highest BCUT2D eigenvalue weighted by atomic mass is 15.2. The second-order valence-corrected chi connectivity index (χ2v) is 35.9. The summed E-state index contributed by atoms with van der Waals surface area (Å²) in [5.41, 5.74) is 27.0. The van der Waals surface area contributed by atoms with Crippen LogP contribution in [0.3, 0.4) is 0 Å². The molecule has 29 aromatic rings. The molecule has 0 aliphatic rings. The van der Waals surface area contributed by atoms with Gasteiger partial charge in [0.05, 0.1) is 66.2 Å². The molecule has 9 heterocycles. The zero-order valence-corrected chi connectivity index (χ0v) is 77.6. The summed E-state index contributed by atoms with van der Waals surface area (Å²) >= 11 is 0. The van der Waals surface area contributed by atoms with Crippen LogP contribution < -0.4 is 0 Å². The predicted molar refractivity (Wildman–Crippen MR) is 589 cm³/mol. The van der Waals surface area contributed by atoms with Crippen LogP contribution in [-0.2, 0) is 0 Å². The van der Waals surface area contributed by atoms with Crippen molar-refractivity contribution in [1.82, 2.24) is 72.3 Å². The summed E-state index contributed by atoms with van der Waals surface area (Å²) < 4.78 is 14.0. The first-order chi connectivity index (χ1) is 71.5. The first kappa shape index (κ1) is 83.6. The molecule has 144 heavy (non-hydrogen) atoms. The van der Waals surface area contributed by atoms with Gasteiger partial charge in [-0.15, -0.1) is 0 Å². The highest BCUT2D eigenvalue weighted by Gasteiger charge is 2.28. The van der Waals surface area contributed by atoms with Crippen molar-refractivity contribution < 1.29 is 0 Å². The largest absolute Gasteiger partial charge is 0.309 e. The standard InChI is InChI=1S/C51H33N5.2C39H25N5/c1-4-15-34(16-5-1)38-21-14-22-40(33-38)55-45-26-13-11-24-43(45)47-46(55)32-31-42-41-23-10-12-25-44(41)56(48(42)47)39-29-27-37(28-30-39)51-53-49(35-17-6-2-7-18-35)52-50(54-51)36-19-8-3-9-20-36;1-4-14-26(15-5-1)37-40-38(27-16-6-2-7-17-27)42-39(41-37)44-34-23-13-11-21-30(34)32-24-35-31(25-36(32)44)29-20-10-12-22-33(29)43(35)28-18-8-3-9-19-28;1-4-14-26(15-5-1)37-40-38(27-16-6-2-7-17-27)42-39(41-37)44-32-22-12-10-20-29(32)30-24-25-34-35(36(30)44)31-21-11-13-23-33(31)43(34)28-18-8-3-9-19-28/h1-33H;2*1-25H. The number of rotatable bonds is 14. The molecule has 0 aliphatic heterocycles. The number of hydrogen-bond donors (Lipinski definition) is 0. The van der Waals surface area contributed by atoms with Gasteiger partial charge < -0.3 is 18.3 Å². The SMILES string of the molecule is c1ccc(-c2cccc(-n3c4ccccc4c4c3ccc3c5ccccc5n(-c5ccc(-c6nc(-c7ccccc7)nc(-c7ccccc7)n6)cc5)c34)c2)cc1.c1ccc(-c2nc(-c3ccccc3)nc(-n3c4ccccc4c4cc5c(cc43)c3ccccc3n5-c3ccccc3)n2)cc1.c1ccc(-c2nc(-c3ccccc3)nc(-n3c4ccccc4c4ccc5c(c6ccccc6n5-c5ccccc5)c43)n2)cc1. The molecule has 674 valence electrons. The summed E-state index contributed by atoms with van der Waals surface area (Å²) in [6, 6.07) is 176. The maximum Gasteiger partial charge on any atom is 0.238 e. The monoisotopic (exact) mass is 1840 g/mol. The zero-order valence-electron chi connectivity index (χ0n) is 77.6. The molecule has 29 rings (SSSR count). The fraction of sp³-hybridized carbons (Fsp3) is 0. The molecule has 9 aromatic heterocycles. The third kappa shape index (κ3) is 14.5. The van der Waals surface area contributed by atoms with Gasteiger partial charge in [0.2, 0.25) is 11.9 Å². The van der Waals surface area contributed by atoms with Gasteiger partial charge in [-0.25, -0.2) is 24.9 Å². The topological polar surface area (TPSA) is 146 Å². The van der Waals surface area contributed by atoms with Crippen molar-refractivity contribution in [3.63, 3.8) is 0 Å². The number of nitrogens with zero attached hydrogens (tertiary/aromatic N) is 15. The van der Waals surface area contributed by atoms with Crippen LogP contribution in [0.4, 0.5) is 0 Å². The van der Waals surface area contributed by atoms with Gasteiger partial charge in [0.1, 0.15) is 0 Å². The Kier molecular flexibility index (Phi) is 20.5. The van der Waals surface area contributed by atoms with Crippen LogP contribution >= 0.6 is 0 Å². The quantitative estimate of drug-likeness (QED) is 0.104. The molecule has 0 saturated carbocycles. The third-order valence-corrected chi connectivity index (χ3v) is 27.5. The van der Waals surface area contributed by atoms with E-state index in [9.17, 15) is 0 Å². The molecule has 0 aliphatic carbocycles. The number of para-hydroxylation sites is 8. The van der Waals surface area contributed by atoms with Gasteiger partial charge >= 0.3 is 0 Å². The zero-order chi connectivity index (χ0) is 95.1. The van der Waals surface area contributed by atoms with E-state index in [4.69, 9.17) is 44.9 Å². The second-order valence-electron chi connectivity index (χ2n) is 35.9. The summed E-state index contributed by atoms with van der Waals surface area (Å²) in [6.07, 6.45) is 0. The van der Waals surface area contributed by atoms with Crippen LogP contribution in [0.1, 0.15) is 0 Å². The van der Waals surface area contributed by atoms with E-state index in [1.165, 1.54) is 76.3 Å². The molecule has 0 amide bonds. The maximum atomic E-state index is 5.16. The van der Waals surface area contributed by atoms with Gasteiger partial charge in [-0.1, -0.05) is 382 Å². The molecule has 0 N–H and O–H groups in total. The van der Waals surface area contributed by atoms with Gasteiger partial charge in [0.25, 0.3) is 0 Å². The Labute approximate surface area is 826 Å². The molecule has 0 saturated heterocycles. The average molecular weight is 1840 g/mol. The van der Waals surface area contributed by atoms with Gasteiger partial charge in [0.15, 0.2) is 40.8 Å². The molecule has 15 nitrogen and oxygen atoms in total. The van der Waals surface area contributed by atoms with E-state index in [0.29, 0.717) is 52.7 Å². The van der Waals surface area contributed by atoms with E-state index in [1.54, 1.807) is 0 Å².